The van der Waals surface area contributed by atoms with E-state index in [4.69, 9.17) is 0 Å². The Kier molecular flexibility index (Phi) is 7.45. The summed E-state index contributed by atoms with van der Waals surface area (Å²) in [7, 11) is 1.19. The highest BCUT2D eigenvalue weighted by Gasteiger charge is 2.45. The SMILES string of the molecule is COC(C)OOC(=O)C(C(=O)c1c(C(F)(F)F)cccc1C(F)(F)F)c1ccccc1. The molecular formula is C20H16F6O5. The van der Waals surface area contributed by atoms with Crippen molar-refractivity contribution in [3.05, 3.63) is 70.8 Å². The largest absolute Gasteiger partial charge is 0.417 e. The molecule has 0 fully saturated rings. The van der Waals surface area contributed by atoms with Crippen LogP contribution in [0.1, 0.15) is 39.9 Å². The van der Waals surface area contributed by atoms with Crippen LogP contribution < -0.4 is 0 Å². The molecule has 0 radical (unpaired) electrons. The number of halogens is 6. The summed E-state index contributed by atoms with van der Waals surface area (Å²) in [5, 5.41) is 0. The van der Waals surface area contributed by atoms with Crippen molar-refractivity contribution in [1.29, 1.82) is 0 Å². The number of carbonyl (C=O) groups is 2. The Balaban J connectivity index is 2.66. The van der Waals surface area contributed by atoms with Crippen LogP contribution in [-0.2, 0) is 31.7 Å². The summed E-state index contributed by atoms with van der Waals surface area (Å²) >= 11 is 0. The molecule has 2 aromatic rings. The highest BCUT2D eigenvalue weighted by molar-refractivity contribution is 6.14. The van der Waals surface area contributed by atoms with Crippen LogP contribution in [0.3, 0.4) is 0 Å². The molecule has 2 unspecified atom stereocenters. The highest BCUT2D eigenvalue weighted by Crippen LogP contribution is 2.41. The molecule has 0 aliphatic heterocycles. The van der Waals surface area contributed by atoms with Crippen molar-refractivity contribution in [2.75, 3.05) is 7.11 Å². The molecule has 0 saturated heterocycles. The number of hydrogen-bond acceptors (Lipinski definition) is 5. The molecule has 0 amide bonds. The first-order valence-corrected chi connectivity index (χ1v) is 8.64. The molecule has 0 aromatic heterocycles. The smallest absolute Gasteiger partial charge is 0.352 e. The minimum Gasteiger partial charge on any atom is -0.352 e. The second-order valence-corrected chi connectivity index (χ2v) is 6.23. The average Bonchev–Trinajstić information content (AvgIpc) is 2.71. The first kappa shape index (κ1) is 24.4. The van der Waals surface area contributed by atoms with Gasteiger partial charge in [-0.1, -0.05) is 36.4 Å². The lowest BCUT2D eigenvalue weighted by Crippen LogP contribution is -2.30. The first-order valence-electron chi connectivity index (χ1n) is 8.64. The highest BCUT2D eigenvalue weighted by atomic mass is 19.4. The zero-order valence-electron chi connectivity index (χ0n) is 16.1. The van der Waals surface area contributed by atoms with E-state index < -0.39 is 53.0 Å². The summed E-state index contributed by atoms with van der Waals surface area (Å²) in [6, 6.07) is 7.74. The van der Waals surface area contributed by atoms with Gasteiger partial charge in [0, 0.05) is 12.7 Å². The quantitative estimate of drug-likeness (QED) is 0.146. The molecule has 31 heavy (non-hydrogen) atoms. The number of Topliss-reactive ketones (excluding diaryl/α,β-unsaturated/α-hetero) is 1. The van der Waals surface area contributed by atoms with E-state index in [-0.39, 0.29) is 5.56 Å². The third-order valence-corrected chi connectivity index (χ3v) is 4.15. The van der Waals surface area contributed by atoms with E-state index in [2.05, 4.69) is 14.5 Å². The molecule has 11 heteroatoms. The molecule has 2 rings (SSSR count). The summed E-state index contributed by atoms with van der Waals surface area (Å²) in [6.07, 6.45) is -11.7. The first-order chi connectivity index (χ1) is 14.4. The number of benzene rings is 2. The lowest BCUT2D eigenvalue weighted by molar-refractivity contribution is -0.342. The average molecular weight is 450 g/mol. The molecule has 2 aromatic carbocycles. The van der Waals surface area contributed by atoms with Crippen LogP contribution in [-0.4, -0.2) is 25.2 Å². The molecule has 2 atom stereocenters. The van der Waals surface area contributed by atoms with E-state index >= 15 is 0 Å². The summed E-state index contributed by atoms with van der Waals surface area (Å²) in [4.78, 5) is 34.6. The normalized spacial score (nSPS) is 14.1. The summed E-state index contributed by atoms with van der Waals surface area (Å²) in [6.45, 7) is 1.30. The molecule has 0 N–H and O–H groups in total. The zero-order valence-corrected chi connectivity index (χ0v) is 16.1. The van der Waals surface area contributed by atoms with Gasteiger partial charge in [-0.3, -0.25) is 9.68 Å². The predicted octanol–water partition coefficient (Wildman–Crippen LogP) is 5.16. The van der Waals surface area contributed by atoms with Gasteiger partial charge >= 0.3 is 18.3 Å². The molecule has 0 aliphatic rings. The fourth-order valence-corrected chi connectivity index (χ4v) is 2.68. The lowest BCUT2D eigenvalue weighted by Gasteiger charge is -2.21. The van der Waals surface area contributed by atoms with Crippen molar-refractivity contribution < 1.29 is 50.4 Å². The van der Waals surface area contributed by atoms with E-state index in [0.717, 1.165) is 0 Å². The van der Waals surface area contributed by atoms with E-state index in [1.807, 2.05) is 0 Å². The third-order valence-electron chi connectivity index (χ3n) is 4.15. The number of carbonyl (C=O) groups excluding carboxylic acids is 2. The van der Waals surface area contributed by atoms with Crippen LogP contribution in [0.2, 0.25) is 0 Å². The molecule has 168 valence electrons. The Bertz CT molecular complexity index is 892. The number of ketones is 1. The van der Waals surface area contributed by atoms with Gasteiger partial charge in [0.25, 0.3) is 0 Å². The van der Waals surface area contributed by atoms with E-state index in [9.17, 15) is 35.9 Å². The van der Waals surface area contributed by atoms with Crippen LogP contribution in [0.4, 0.5) is 26.3 Å². The van der Waals surface area contributed by atoms with Crippen LogP contribution in [0.15, 0.2) is 48.5 Å². The van der Waals surface area contributed by atoms with Crippen LogP contribution in [0.5, 0.6) is 0 Å². The number of methoxy groups -OCH3 is 1. The topological polar surface area (TPSA) is 61.8 Å². The molecule has 5 nitrogen and oxygen atoms in total. The maximum absolute atomic E-state index is 13.5. The van der Waals surface area contributed by atoms with Crippen LogP contribution in [0, 0.1) is 0 Å². The van der Waals surface area contributed by atoms with Crippen molar-refractivity contribution in [3.8, 4) is 0 Å². The minimum atomic E-state index is -5.29. The molecule has 0 bridgehead atoms. The summed E-state index contributed by atoms with van der Waals surface area (Å²) in [5.41, 5.74) is -5.52. The molecule has 0 aliphatic carbocycles. The molecular weight excluding hydrogens is 434 g/mol. The Labute approximate surface area is 172 Å². The maximum Gasteiger partial charge on any atom is 0.417 e. The lowest BCUT2D eigenvalue weighted by atomic mass is 9.86. The number of alkyl halides is 6. The standard InChI is InChI=1S/C20H16F6O5/c1-11(29-2)30-31-18(28)15(12-7-4-3-5-8-12)17(27)16-13(19(21,22)23)9-6-10-14(16)20(24,25)26/h3-11,15H,1-2H3. The van der Waals surface area contributed by atoms with Crippen molar-refractivity contribution in [3.63, 3.8) is 0 Å². The van der Waals surface area contributed by atoms with Gasteiger partial charge in [-0.2, -0.15) is 31.2 Å². The third kappa shape index (κ3) is 5.82. The van der Waals surface area contributed by atoms with Crippen molar-refractivity contribution in [2.45, 2.75) is 31.5 Å². The number of rotatable bonds is 7. The minimum absolute atomic E-state index is 0.184. The fraction of sp³-hybridized carbons (Fsp3) is 0.300. The second kappa shape index (κ2) is 9.48. The van der Waals surface area contributed by atoms with E-state index in [0.29, 0.717) is 18.2 Å². The van der Waals surface area contributed by atoms with Gasteiger partial charge < -0.3 is 4.74 Å². The monoisotopic (exact) mass is 450 g/mol. The van der Waals surface area contributed by atoms with Crippen molar-refractivity contribution in [1.82, 2.24) is 0 Å². The Morgan fingerprint density at radius 1 is 0.839 bits per heavy atom. The Morgan fingerprint density at radius 2 is 1.35 bits per heavy atom. The molecule has 0 spiro atoms. The van der Waals surface area contributed by atoms with Gasteiger partial charge in [-0.25, -0.2) is 4.79 Å². The number of hydrogen-bond donors (Lipinski definition) is 0. The molecule has 0 heterocycles. The van der Waals surface area contributed by atoms with Crippen molar-refractivity contribution >= 4 is 11.8 Å². The predicted molar refractivity (Wildman–Crippen MR) is 93.6 cm³/mol. The fourth-order valence-electron chi connectivity index (χ4n) is 2.68. The Morgan fingerprint density at radius 3 is 1.81 bits per heavy atom. The van der Waals surface area contributed by atoms with Gasteiger partial charge in [-0.05, 0) is 24.6 Å². The van der Waals surface area contributed by atoms with Gasteiger partial charge in [0.1, 0.15) is 5.92 Å². The van der Waals surface area contributed by atoms with E-state index in [1.54, 1.807) is 0 Å². The van der Waals surface area contributed by atoms with Crippen LogP contribution >= 0.6 is 0 Å². The van der Waals surface area contributed by atoms with Crippen LogP contribution in [0.25, 0.3) is 0 Å². The second-order valence-electron chi connectivity index (χ2n) is 6.23. The van der Waals surface area contributed by atoms with Crippen molar-refractivity contribution in [2.24, 2.45) is 0 Å². The van der Waals surface area contributed by atoms with Gasteiger partial charge in [0.2, 0.25) is 0 Å². The van der Waals surface area contributed by atoms with Gasteiger partial charge in [-0.15, -0.1) is 0 Å². The van der Waals surface area contributed by atoms with E-state index in [1.165, 1.54) is 44.4 Å². The molecule has 0 saturated carbocycles. The zero-order chi connectivity index (χ0) is 23.4. The number of ether oxygens (including phenoxy) is 1. The maximum atomic E-state index is 13.5. The Hall–Kier alpha value is -2.92. The van der Waals surface area contributed by atoms with Gasteiger partial charge in [0.15, 0.2) is 12.1 Å². The van der Waals surface area contributed by atoms with Gasteiger partial charge in [0.05, 0.1) is 11.1 Å². The summed E-state index contributed by atoms with van der Waals surface area (Å²) in [5.74, 6) is -5.41. The summed E-state index contributed by atoms with van der Waals surface area (Å²) < 4.78 is 85.5.